The van der Waals surface area contributed by atoms with E-state index in [2.05, 4.69) is 36.0 Å². The highest BCUT2D eigenvalue weighted by Gasteiger charge is 2.31. The molecule has 0 atom stereocenters. The monoisotopic (exact) mass is 565 g/mol. The third kappa shape index (κ3) is 7.85. The number of amides is 3. The number of halogens is 3. The van der Waals surface area contributed by atoms with Crippen LogP contribution in [0.4, 0.5) is 52.5 Å². The molecule has 0 fully saturated rings. The molecule has 3 aromatic carbocycles. The van der Waals surface area contributed by atoms with Gasteiger partial charge in [-0.15, -0.1) is 13.2 Å². The number of aryl methyl sites for hydroxylation is 1. The van der Waals surface area contributed by atoms with Crippen LogP contribution in [0.1, 0.15) is 15.9 Å². The molecule has 0 saturated carbocycles. The Balaban J connectivity index is 1.37. The lowest BCUT2D eigenvalue weighted by Crippen LogP contribution is -2.20. The van der Waals surface area contributed by atoms with E-state index in [4.69, 9.17) is 0 Å². The summed E-state index contributed by atoms with van der Waals surface area (Å²) in [5, 5.41) is 10.9. The number of anilines is 6. The number of hydrogen-bond acceptors (Lipinski definition) is 7. The second kappa shape index (κ2) is 12.2. The topological polar surface area (TPSA) is 121 Å². The molecule has 1 aromatic heterocycles. The van der Waals surface area contributed by atoms with Crippen molar-refractivity contribution in [3.8, 4) is 5.75 Å². The summed E-state index contributed by atoms with van der Waals surface area (Å²) in [5.74, 6) is 0.358. The van der Waals surface area contributed by atoms with Gasteiger partial charge in [0.1, 0.15) is 11.6 Å². The molecule has 0 bridgehead atoms. The van der Waals surface area contributed by atoms with E-state index in [0.717, 1.165) is 23.4 Å². The first kappa shape index (κ1) is 28.7. The van der Waals surface area contributed by atoms with Gasteiger partial charge in [-0.3, -0.25) is 4.79 Å². The van der Waals surface area contributed by atoms with Crippen LogP contribution in [0.5, 0.6) is 5.75 Å². The number of carbonyl (C=O) groups excluding carboxylic acids is 2. The van der Waals surface area contributed by atoms with Gasteiger partial charge in [0.05, 0.1) is 0 Å². The van der Waals surface area contributed by atoms with Gasteiger partial charge < -0.3 is 30.9 Å². The van der Waals surface area contributed by atoms with Crippen molar-refractivity contribution in [1.82, 2.24) is 15.3 Å². The number of carbonyl (C=O) groups is 2. The van der Waals surface area contributed by atoms with Crippen molar-refractivity contribution in [3.05, 3.63) is 90.1 Å². The van der Waals surface area contributed by atoms with E-state index >= 15 is 0 Å². The Morgan fingerprint density at radius 3 is 2.10 bits per heavy atom. The summed E-state index contributed by atoms with van der Waals surface area (Å²) in [5.41, 5.74) is 3.60. The van der Waals surface area contributed by atoms with Crippen LogP contribution in [-0.4, -0.2) is 42.4 Å². The minimum absolute atomic E-state index is 0.190. The maximum absolute atomic E-state index is 12.3. The van der Waals surface area contributed by atoms with E-state index in [1.807, 2.05) is 31.0 Å². The van der Waals surface area contributed by atoms with E-state index in [0.29, 0.717) is 28.7 Å². The summed E-state index contributed by atoms with van der Waals surface area (Å²) in [7, 11) is 3.40. The Bertz CT molecular complexity index is 1530. The van der Waals surface area contributed by atoms with E-state index in [1.165, 1.54) is 12.1 Å². The largest absolute Gasteiger partial charge is 0.573 e. The molecule has 1 heterocycles. The maximum Gasteiger partial charge on any atom is 0.573 e. The Kier molecular flexibility index (Phi) is 8.56. The molecule has 0 radical (unpaired) electrons. The molecule has 0 spiro atoms. The third-order valence-corrected chi connectivity index (χ3v) is 5.81. The molecule has 0 aliphatic heterocycles. The molecule has 4 N–H and O–H groups in total. The van der Waals surface area contributed by atoms with Crippen molar-refractivity contribution in [3.63, 3.8) is 0 Å². The van der Waals surface area contributed by atoms with E-state index in [9.17, 15) is 22.8 Å². The zero-order chi connectivity index (χ0) is 29.6. The first-order valence-electron chi connectivity index (χ1n) is 12.2. The van der Waals surface area contributed by atoms with Crippen LogP contribution < -0.4 is 30.9 Å². The highest BCUT2D eigenvalue weighted by Crippen LogP contribution is 2.26. The Hall–Kier alpha value is -5.33. The second-order valence-electron chi connectivity index (χ2n) is 8.73. The van der Waals surface area contributed by atoms with Gasteiger partial charge in [-0.2, -0.15) is 4.98 Å². The molecule has 0 unspecified atom stereocenters. The van der Waals surface area contributed by atoms with Crippen LogP contribution >= 0.6 is 0 Å². The molecule has 4 rings (SSSR count). The van der Waals surface area contributed by atoms with Crippen molar-refractivity contribution in [2.75, 3.05) is 34.9 Å². The number of rotatable bonds is 8. The molecule has 13 heteroatoms. The van der Waals surface area contributed by atoms with Gasteiger partial charge in [0.25, 0.3) is 5.91 Å². The number of hydrogen-bond donors (Lipinski definition) is 4. The van der Waals surface area contributed by atoms with Crippen LogP contribution in [-0.2, 0) is 0 Å². The van der Waals surface area contributed by atoms with Crippen molar-refractivity contribution in [2.24, 2.45) is 0 Å². The number of nitrogens with one attached hydrogen (secondary N) is 4. The number of nitrogens with zero attached hydrogens (tertiary/aromatic N) is 3. The van der Waals surface area contributed by atoms with Crippen LogP contribution in [0.15, 0.2) is 79.0 Å². The number of aromatic nitrogens is 2. The minimum Gasteiger partial charge on any atom is -0.406 e. The van der Waals surface area contributed by atoms with Gasteiger partial charge in [0.15, 0.2) is 0 Å². The summed E-state index contributed by atoms with van der Waals surface area (Å²) >= 11 is 0. The molecule has 0 saturated heterocycles. The number of ether oxygens (including phenoxy) is 1. The fourth-order valence-electron chi connectivity index (χ4n) is 3.74. The van der Waals surface area contributed by atoms with E-state index in [1.54, 1.807) is 49.6 Å². The predicted octanol–water partition coefficient (Wildman–Crippen LogP) is 6.20. The molecule has 10 nitrogen and oxygen atoms in total. The highest BCUT2D eigenvalue weighted by atomic mass is 19.4. The fraction of sp³-hybridized carbons (Fsp3) is 0.143. The molecular formula is C28H26F3N7O3. The maximum atomic E-state index is 12.3. The summed E-state index contributed by atoms with van der Waals surface area (Å²) in [6.45, 7) is 1.85. The lowest BCUT2D eigenvalue weighted by atomic mass is 10.1. The molecule has 212 valence electrons. The second-order valence-corrected chi connectivity index (χ2v) is 8.73. The summed E-state index contributed by atoms with van der Waals surface area (Å²) in [6.07, 6.45) is -3.18. The van der Waals surface area contributed by atoms with Gasteiger partial charge in [-0.25, -0.2) is 9.78 Å². The summed E-state index contributed by atoms with van der Waals surface area (Å²) in [6, 6.07) is 18.3. The number of alkyl halides is 3. The Morgan fingerprint density at radius 1 is 0.878 bits per heavy atom. The molecule has 4 aromatic rings. The van der Waals surface area contributed by atoms with Crippen molar-refractivity contribution >= 4 is 46.5 Å². The summed E-state index contributed by atoms with van der Waals surface area (Å²) in [4.78, 5) is 35.1. The fourth-order valence-corrected chi connectivity index (χ4v) is 3.74. The molecule has 41 heavy (non-hydrogen) atoms. The van der Waals surface area contributed by atoms with E-state index < -0.39 is 12.4 Å². The normalized spacial score (nSPS) is 10.9. The molecular weight excluding hydrogens is 539 g/mol. The SMILES string of the molecule is CNC(=O)c1cc(Nc2nccc(N(C)c3ccc(NC(=O)Nc4ccc(OC(F)(F)F)cc4)cc3)n2)ccc1C. The zero-order valence-electron chi connectivity index (χ0n) is 22.2. The minimum atomic E-state index is -4.79. The highest BCUT2D eigenvalue weighted by molar-refractivity contribution is 6.00. The van der Waals surface area contributed by atoms with E-state index in [-0.39, 0.29) is 17.3 Å². The standard InChI is InChI=1S/C28H26F3N7O3/c1-17-4-5-20(16-23(17)25(39)32-2)34-26-33-15-14-24(37-26)38(3)21-10-6-18(7-11-21)35-27(40)36-19-8-12-22(13-9-19)41-28(29,30)31/h4-16H,1-3H3,(H,32,39)(H,33,34,37)(H2,35,36,40). The van der Waals surface area contributed by atoms with Crippen LogP contribution in [0, 0.1) is 6.92 Å². The van der Waals surface area contributed by atoms with Gasteiger partial charge in [0, 0.05) is 48.6 Å². The molecule has 0 aliphatic rings. The van der Waals surface area contributed by atoms with Crippen LogP contribution in [0.2, 0.25) is 0 Å². The molecule has 3 amide bonds. The van der Waals surface area contributed by atoms with Crippen molar-refractivity contribution < 1.29 is 27.5 Å². The van der Waals surface area contributed by atoms with Crippen molar-refractivity contribution in [2.45, 2.75) is 13.3 Å². The number of benzene rings is 3. The quantitative estimate of drug-likeness (QED) is 0.201. The third-order valence-electron chi connectivity index (χ3n) is 5.81. The first-order valence-corrected chi connectivity index (χ1v) is 12.2. The average molecular weight is 566 g/mol. The van der Waals surface area contributed by atoms with Crippen LogP contribution in [0.25, 0.3) is 0 Å². The average Bonchev–Trinajstić information content (AvgIpc) is 2.94. The number of urea groups is 1. The van der Waals surface area contributed by atoms with Gasteiger partial charge in [-0.1, -0.05) is 6.07 Å². The Labute approximate surface area is 233 Å². The molecule has 0 aliphatic carbocycles. The summed E-state index contributed by atoms with van der Waals surface area (Å²) < 4.78 is 40.7. The van der Waals surface area contributed by atoms with Gasteiger partial charge in [-0.05, 0) is 79.2 Å². The van der Waals surface area contributed by atoms with Crippen molar-refractivity contribution in [1.29, 1.82) is 0 Å². The lowest BCUT2D eigenvalue weighted by Gasteiger charge is -2.19. The Morgan fingerprint density at radius 2 is 1.49 bits per heavy atom. The van der Waals surface area contributed by atoms with Gasteiger partial charge in [0.2, 0.25) is 5.95 Å². The van der Waals surface area contributed by atoms with Crippen LogP contribution in [0.3, 0.4) is 0 Å². The zero-order valence-corrected chi connectivity index (χ0v) is 22.2. The predicted molar refractivity (Wildman–Crippen MR) is 150 cm³/mol. The smallest absolute Gasteiger partial charge is 0.406 e. The lowest BCUT2D eigenvalue weighted by molar-refractivity contribution is -0.274. The van der Waals surface area contributed by atoms with Gasteiger partial charge >= 0.3 is 12.4 Å². The first-order chi connectivity index (χ1) is 19.5.